The van der Waals surface area contributed by atoms with Crippen LogP contribution in [0, 0.1) is 5.92 Å². The first kappa shape index (κ1) is 15.6. The molecule has 0 fully saturated rings. The summed E-state index contributed by atoms with van der Waals surface area (Å²) in [4.78, 5) is 11.3. The second-order valence-corrected chi connectivity index (χ2v) is 5.75. The minimum absolute atomic E-state index is 0.174. The number of aryl methyl sites for hydroxylation is 1. The molecular formula is C17H24N2O2. The Morgan fingerprint density at radius 3 is 2.86 bits per heavy atom. The number of esters is 1. The largest absolute Gasteiger partial charge is 0.469 e. The highest BCUT2D eigenvalue weighted by molar-refractivity contribution is 5.81. The highest BCUT2D eigenvalue weighted by Gasteiger charge is 2.05. The number of benzene rings is 1. The van der Waals surface area contributed by atoms with Gasteiger partial charge in [-0.15, -0.1) is 0 Å². The topological polar surface area (TPSA) is 43.3 Å². The number of fused-ring (bicyclic) bond motifs is 1. The average molecular weight is 288 g/mol. The van der Waals surface area contributed by atoms with Crippen LogP contribution >= 0.6 is 0 Å². The molecule has 0 aliphatic carbocycles. The fraction of sp³-hybridized carbons (Fsp3) is 0.471. The molecule has 0 spiro atoms. The third kappa shape index (κ3) is 4.33. The summed E-state index contributed by atoms with van der Waals surface area (Å²) in [6.07, 6.45) is 2.43. The Morgan fingerprint density at radius 1 is 1.33 bits per heavy atom. The van der Waals surface area contributed by atoms with Gasteiger partial charge in [0, 0.05) is 24.8 Å². The van der Waals surface area contributed by atoms with Gasteiger partial charge in [-0.1, -0.05) is 26.0 Å². The summed E-state index contributed by atoms with van der Waals surface area (Å²) in [5, 5.41) is 4.65. The van der Waals surface area contributed by atoms with Crippen molar-refractivity contribution < 1.29 is 9.53 Å². The minimum Gasteiger partial charge on any atom is -0.469 e. The van der Waals surface area contributed by atoms with Crippen LogP contribution in [0.15, 0.2) is 30.5 Å². The average Bonchev–Trinajstić information content (AvgIpc) is 2.87. The van der Waals surface area contributed by atoms with Crippen LogP contribution in [-0.4, -0.2) is 24.2 Å². The molecule has 0 unspecified atom stereocenters. The predicted octanol–water partition coefficient (Wildman–Crippen LogP) is 2.95. The lowest BCUT2D eigenvalue weighted by molar-refractivity contribution is -0.140. The van der Waals surface area contributed by atoms with E-state index >= 15 is 0 Å². The summed E-state index contributed by atoms with van der Waals surface area (Å²) >= 11 is 0. The number of nitrogens with zero attached hydrogens (tertiary/aromatic N) is 1. The third-order valence-electron chi connectivity index (χ3n) is 3.50. The van der Waals surface area contributed by atoms with Gasteiger partial charge in [-0.2, -0.15) is 0 Å². The number of nitrogens with one attached hydrogen (secondary N) is 1. The predicted molar refractivity (Wildman–Crippen MR) is 85.1 cm³/mol. The summed E-state index contributed by atoms with van der Waals surface area (Å²) in [7, 11) is 1.43. The molecule has 1 aromatic carbocycles. The van der Waals surface area contributed by atoms with Gasteiger partial charge in [-0.25, -0.2) is 0 Å². The molecule has 114 valence electrons. The molecule has 4 nitrogen and oxygen atoms in total. The number of hydrogen-bond donors (Lipinski definition) is 1. The van der Waals surface area contributed by atoms with Crippen molar-refractivity contribution in [3.05, 3.63) is 36.0 Å². The SMILES string of the molecule is COC(=O)CCn1ccc2ccc(CNCC(C)C)cc21. The fourth-order valence-electron chi connectivity index (χ4n) is 2.35. The van der Waals surface area contributed by atoms with Crippen LogP contribution < -0.4 is 5.32 Å². The van der Waals surface area contributed by atoms with Gasteiger partial charge in [0.05, 0.1) is 13.5 Å². The molecule has 0 radical (unpaired) electrons. The zero-order valence-corrected chi connectivity index (χ0v) is 13.1. The molecular weight excluding hydrogens is 264 g/mol. The van der Waals surface area contributed by atoms with Crippen LogP contribution in [0.3, 0.4) is 0 Å². The van der Waals surface area contributed by atoms with Gasteiger partial charge in [-0.05, 0) is 35.5 Å². The number of hydrogen-bond acceptors (Lipinski definition) is 3. The van der Waals surface area contributed by atoms with E-state index in [2.05, 4.69) is 48.0 Å². The van der Waals surface area contributed by atoms with Gasteiger partial charge >= 0.3 is 5.97 Å². The van der Waals surface area contributed by atoms with E-state index in [0.29, 0.717) is 18.9 Å². The van der Waals surface area contributed by atoms with Crippen LogP contribution in [0.4, 0.5) is 0 Å². The Balaban J connectivity index is 2.07. The van der Waals surface area contributed by atoms with E-state index in [0.717, 1.165) is 13.1 Å². The van der Waals surface area contributed by atoms with Crippen molar-refractivity contribution >= 4 is 16.9 Å². The lowest BCUT2D eigenvalue weighted by Crippen LogP contribution is -2.18. The van der Waals surface area contributed by atoms with Crippen molar-refractivity contribution in [3.8, 4) is 0 Å². The van der Waals surface area contributed by atoms with Crippen LogP contribution in [-0.2, 0) is 22.6 Å². The molecule has 21 heavy (non-hydrogen) atoms. The zero-order valence-electron chi connectivity index (χ0n) is 13.1. The molecule has 1 aromatic heterocycles. The Bertz CT molecular complexity index is 602. The van der Waals surface area contributed by atoms with Gasteiger partial charge in [0.2, 0.25) is 0 Å². The molecule has 1 heterocycles. The molecule has 0 saturated carbocycles. The highest BCUT2D eigenvalue weighted by atomic mass is 16.5. The van der Waals surface area contributed by atoms with E-state index < -0.39 is 0 Å². The molecule has 0 aliphatic rings. The normalized spacial score (nSPS) is 11.2. The lowest BCUT2D eigenvalue weighted by atomic mass is 10.1. The molecule has 1 N–H and O–H groups in total. The number of aromatic nitrogens is 1. The van der Waals surface area contributed by atoms with Gasteiger partial charge in [0.15, 0.2) is 0 Å². The molecule has 0 bridgehead atoms. The van der Waals surface area contributed by atoms with Crippen molar-refractivity contribution in [1.29, 1.82) is 0 Å². The van der Waals surface area contributed by atoms with Gasteiger partial charge in [0.1, 0.15) is 0 Å². The summed E-state index contributed by atoms with van der Waals surface area (Å²) in [5.41, 5.74) is 2.43. The number of carbonyl (C=O) groups excluding carboxylic acids is 1. The standard InChI is InChI=1S/C17H24N2O2/c1-13(2)11-18-12-14-4-5-15-6-8-19(16(15)10-14)9-7-17(20)21-3/h4-6,8,10,13,18H,7,9,11-12H2,1-3H3. The fourth-order valence-corrected chi connectivity index (χ4v) is 2.35. The van der Waals surface area contributed by atoms with Crippen LogP contribution in [0.2, 0.25) is 0 Å². The molecule has 0 amide bonds. The van der Waals surface area contributed by atoms with Crippen molar-refractivity contribution in [2.24, 2.45) is 5.92 Å². The van der Waals surface area contributed by atoms with E-state index in [-0.39, 0.29) is 5.97 Å². The first-order valence-corrected chi connectivity index (χ1v) is 7.45. The number of carbonyl (C=O) groups is 1. The molecule has 2 rings (SSSR count). The molecule has 0 aliphatic heterocycles. The molecule has 0 atom stereocenters. The van der Waals surface area contributed by atoms with E-state index in [4.69, 9.17) is 4.74 Å². The summed E-state index contributed by atoms with van der Waals surface area (Å²) in [5.74, 6) is 0.476. The van der Waals surface area contributed by atoms with E-state index in [9.17, 15) is 4.79 Å². The van der Waals surface area contributed by atoms with Gasteiger partial charge in [0.25, 0.3) is 0 Å². The van der Waals surface area contributed by atoms with Crippen molar-refractivity contribution in [2.75, 3.05) is 13.7 Å². The van der Waals surface area contributed by atoms with E-state index in [1.165, 1.54) is 23.6 Å². The van der Waals surface area contributed by atoms with Gasteiger partial charge in [-0.3, -0.25) is 4.79 Å². The Morgan fingerprint density at radius 2 is 2.14 bits per heavy atom. The van der Waals surface area contributed by atoms with Crippen molar-refractivity contribution in [3.63, 3.8) is 0 Å². The summed E-state index contributed by atoms with van der Waals surface area (Å²) in [6, 6.07) is 8.56. The number of ether oxygens (including phenoxy) is 1. The Kier molecular flexibility index (Phi) is 5.39. The molecule has 4 heteroatoms. The monoisotopic (exact) mass is 288 g/mol. The first-order chi connectivity index (χ1) is 10.1. The highest BCUT2D eigenvalue weighted by Crippen LogP contribution is 2.18. The second-order valence-electron chi connectivity index (χ2n) is 5.75. The van der Waals surface area contributed by atoms with Crippen molar-refractivity contribution in [1.82, 2.24) is 9.88 Å². The number of rotatable bonds is 7. The second kappa shape index (κ2) is 7.27. The molecule has 2 aromatic rings. The van der Waals surface area contributed by atoms with Crippen molar-refractivity contribution in [2.45, 2.75) is 33.4 Å². The van der Waals surface area contributed by atoms with E-state index in [1.807, 2.05) is 6.20 Å². The molecule has 0 saturated heterocycles. The minimum atomic E-state index is -0.174. The van der Waals surface area contributed by atoms with E-state index in [1.54, 1.807) is 0 Å². The maximum Gasteiger partial charge on any atom is 0.307 e. The summed E-state index contributed by atoms with van der Waals surface area (Å²) < 4.78 is 6.81. The van der Waals surface area contributed by atoms with Crippen LogP contribution in [0.25, 0.3) is 10.9 Å². The maximum absolute atomic E-state index is 11.3. The quantitative estimate of drug-likeness (QED) is 0.797. The van der Waals surface area contributed by atoms with Gasteiger partial charge < -0.3 is 14.6 Å². The third-order valence-corrected chi connectivity index (χ3v) is 3.50. The lowest BCUT2D eigenvalue weighted by Gasteiger charge is -2.09. The maximum atomic E-state index is 11.3. The van der Waals surface area contributed by atoms with Crippen LogP contribution in [0.1, 0.15) is 25.8 Å². The van der Waals surface area contributed by atoms with Crippen LogP contribution in [0.5, 0.6) is 0 Å². The Hall–Kier alpha value is -1.81. The zero-order chi connectivity index (χ0) is 15.2. The first-order valence-electron chi connectivity index (χ1n) is 7.45. The number of methoxy groups -OCH3 is 1. The Labute approximate surface area is 126 Å². The summed E-state index contributed by atoms with van der Waals surface area (Å²) in [6.45, 7) is 6.94. The smallest absolute Gasteiger partial charge is 0.307 e.